The lowest BCUT2D eigenvalue weighted by atomic mass is 9.66. The lowest BCUT2D eigenvalue weighted by Crippen LogP contribution is -2.48. The average Bonchev–Trinajstić information content (AvgIpc) is 2.93. The zero-order valence-corrected chi connectivity index (χ0v) is 22.9. The molecule has 2 aliphatic rings. The van der Waals surface area contributed by atoms with Gasteiger partial charge in [0.05, 0.1) is 11.5 Å². The molecule has 1 aliphatic carbocycles. The summed E-state index contributed by atoms with van der Waals surface area (Å²) in [6.45, 7) is 4.44. The first-order chi connectivity index (χ1) is 18.3. The molecular weight excluding hydrogens is 498 g/mol. The van der Waals surface area contributed by atoms with Gasteiger partial charge in [-0.3, -0.25) is 0 Å². The first-order valence-electron chi connectivity index (χ1n) is 13.4. The molecule has 1 spiro atoms. The Hall–Kier alpha value is -3.16. The fourth-order valence-electron chi connectivity index (χ4n) is 5.98. The second-order valence-corrected chi connectivity index (χ2v) is 12.3. The molecule has 200 valence electrons. The third kappa shape index (κ3) is 5.22. The molecule has 7 heteroatoms. The van der Waals surface area contributed by atoms with Crippen molar-refractivity contribution in [2.24, 2.45) is 0 Å². The van der Waals surface area contributed by atoms with E-state index in [2.05, 4.69) is 30.3 Å². The summed E-state index contributed by atoms with van der Waals surface area (Å²) in [5.41, 5.74) is 5.13. The van der Waals surface area contributed by atoms with Crippen molar-refractivity contribution in [2.75, 3.05) is 19.8 Å². The Bertz CT molecular complexity index is 1410. The van der Waals surface area contributed by atoms with Gasteiger partial charge in [-0.05, 0) is 78.8 Å². The Kier molecular flexibility index (Phi) is 7.59. The highest BCUT2D eigenvalue weighted by atomic mass is 32.2. The zero-order chi connectivity index (χ0) is 26.8. The average molecular weight is 534 g/mol. The van der Waals surface area contributed by atoms with Gasteiger partial charge in [0, 0.05) is 18.5 Å². The first-order valence-corrected chi connectivity index (χ1v) is 14.8. The van der Waals surface area contributed by atoms with E-state index in [1.165, 1.54) is 12.0 Å². The van der Waals surface area contributed by atoms with Gasteiger partial charge in [0.1, 0.15) is 5.75 Å². The van der Waals surface area contributed by atoms with E-state index >= 15 is 0 Å². The number of nitrogens with zero attached hydrogens (tertiary/aromatic N) is 1. The van der Waals surface area contributed by atoms with Crippen molar-refractivity contribution >= 4 is 16.0 Å². The molecule has 0 bridgehead atoms. The van der Waals surface area contributed by atoms with Crippen LogP contribution in [-0.2, 0) is 31.5 Å². The van der Waals surface area contributed by atoms with Gasteiger partial charge in [-0.1, -0.05) is 61.7 Å². The molecule has 1 aliphatic heterocycles. The van der Waals surface area contributed by atoms with Crippen LogP contribution < -0.4 is 4.74 Å². The minimum atomic E-state index is -3.75. The molecule has 3 aromatic rings. The predicted octanol–water partition coefficient (Wildman–Crippen LogP) is 6.01. The predicted molar refractivity (Wildman–Crippen MR) is 148 cm³/mol. The quantitative estimate of drug-likeness (QED) is 0.348. The SMILES string of the molecule is CCOC(=O)COc1ccc(S(=O)(=O)N2Cc3cc(-c4ccccc4)ccc3C3(CCCCC3)C2)cc1C. The second-order valence-electron chi connectivity index (χ2n) is 10.4. The fourth-order valence-corrected chi connectivity index (χ4v) is 7.57. The number of ether oxygens (including phenoxy) is 2. The van der Waals surface area contributed by atoms with Gasteiger partial charge < -0.3 is 9.47 Å². The molecule has 0 unspecified atom stereocenters. The molecule has 1 fully saturated rings. The molecule has 38 heavy (non-hydrogen) atoms. The Morgan fingerprint density at radius 2 is 1.71 bits per heavy atom. The monoisotopic (exact) mass is 533 g/mol. The van der Waals surface area contributed by atoms with Crippen LogP contribution in [-0.4, -0.2) is 38.5 Å². The number of hydrogen-bond donors (Lipinski definition) is 0. The number of carbonyl (C=O) groups is 1. The summed E-state index contributed by atoms with van der Waals surface area (Å²) < 4.78 is 40.2. The van der Waals surface area contributed by atoms with E-state index < -0.39 is 16.0 Å². The van der Waals surface area contributed by atoms with Crippen LogP contribution in [0.3, 0.4) is 0 Å². The molecule has 1 saturated carbocycles. The van der Waals surface area contributed by atoms with Crippen molar-refractivity contribution in [1.29, 1.82) is 0 Å². The lowest BCUT2D eigenvalue weighted by Gasteiger charge is -2.46. The van der Waals surface area contributed by atoms with Crippen LogP contribution in [0.25, 0.3) is 11.1 Å². The number of carbonyl (C=O) groups excluding carboxylic acids is 1. The van der Waals surface area contributed by atoms with E-state index in [0.29, 0.717) is 24.4 Å². The summed E-state index contributed by atoms with van der Waals surface area (Å²) in [7, 11) is -3.75. The fraction of sp³-hybridized carbons (Fsp3) is 0.387. The number of sulfonamides is 1. The van der Waals surface area contributed by atoms with Crippen LogP contribution in [0.1, 0.15) is 55.7 Å². The van der Waals surface area contributed by atoms with Crippen LogP contribution in [0.5, 0.6) is 5.75 Å². The van der Waals surface area contributed by atoms with E-state index in [9.17, 15) is 13.2 Å². The highest BCUT2D eigenvalue weighted by Crippen LogP contribution is 2.46. The molecule has 0 N–H and O–H groups in total. The largest absolute Gasteiger partial charge is 0.482 e. The van der Waals surface area contributed by atoms with Gasteiger partial charge in [-0.2, -0.15) is 4.31 Å². The van der Waals surface area contributed by atoms with Gasteiger partial charge in [0.25, 0.3) is 0 Å². The summed E-state index contributed by atoms with van der Waals surface area (Å²) in [5, 5.41) is 0. The van der Waals surface area contributed by atoms with E-state index in [1.54, 1.807) is 36.4 Å². The van der Waals surface area contributed by atoms with Gasteiger partial charge >= 0.3 is 5.97 Å². The molecule has 0 radical (unpaired) electrons. The molecular formula is C31H35NO5S. The van der Waals surface area contributed by atoms with E-state index in [1.807, 2.05) is 18.2 Å². The molecule has 6 nitrogen and oxygen atoms in total. The van der Waals surface area contributed by atoms with Crippen LogP contribution >= 0.6 is 0 Å². The molecule has 5 rings (SSSR count). The molecule has 1 heterocycles. The van der Waals surface area contributed by atoms with Gasteiger partial charge in [-0.25, -0.2) is 13.2 Å². The van der Waals surface area contributed by atoms with Crippen LogP contribution in [0.4, 0.5) is 0 Å². The van der Waals surface area contributed by atoms with Gasteiger partial charge in [0.2, 0.25) is 10.0 Å². The van der Waals surface area contributed by atoms with E-state index in [4.69, 9.17) is 9.47 Å². The summed E-state index contributed by atoms with van der Waals surface area (Å²) >= 11 is 0. The van der Waals surface area contributed by atoms with E-state index in [0.717, 1.165) is 42.4 Å². The summed E-state index contributed by atoms with van der Waals surface area (Å²) in [6, 6.07) is 21.7. The number of benzene rings is 3. The van der Waals surface area contributed by atoms with E-state index in [-0.39, 0.29) is 23.5 Å². The highest BCUT2D eigenvalue weighted by Gasteiger charge is 2.44. The number of aryl methyl sites for hydroxylation is 1. The molecule has 0 aromatic heterocycles. The maximum atomic E-state index is 14.0. The summed E-state index contributed by atoms with van der Waals surface area (Å²) in [4.78, 5) is 11.9. The molecule has 3 aromatic carbocycles. The standard InChI is InChI=1S/C31H35NO5S/c1-3-36-30(33)21-37-29-15-13-27(18-23(29)2)38(34,35)32-20-26-19-25(24-10-6-4-7-11-24)12-14-28(26)31(22-32)16-8-5-9-17-31/h4,6-7,10-15,18-19H,3,5,8-9,16-17,20-22H2,1-2H3. The number of esters is 1. The summed E-state index contributed by atoms with van der Waals surface area (Å²) in [6.07, 6.45) is 5.41. The maximum absolute atomic E-state index is 14.0. The van der Waals surface area contributed by atoms with Crippen molar-refractivity contribution in [3.05, 3.63) is 83.4 Å². The number of hydrogen-bond acceptors (Lipinski definition) is 5. The Morgan fingerprint density at radius 3 is 2.42 bits per heavy atom. The van der Waals surface area contributed by atoms with Gasteiger partial charge in [0.15, 0.2) is 6.61 Å². The first kappa shape index (κ1) is 26.4. The molecule has 0 saturated heterocycles. The third-order valence-corrected chi connectivity index (χ3v) is 9.64. The maximum Gasteiger partial charge on any atom is 0.344 e. The Labute approximate surface area is 225 Å². The van der Waals surface area contributed by atoms with Crippen molar-refractivity contribution in [2.45, 2.75) is 62.8 Å². The van der Waals surface area contributed by atoms with Crippen molar-refractivity contribution in [3.63, 3.8) is 0 Å². The highest BCUT2D eigenvalue weighted by molar-refractivity contribution is 7.89. The summed E-state index contributed by atoms with van der Waals surface area (Å²) in [5.74, 6) is 0.0143. The number of fused-ring (bicyclic) bond motifs is 2. The lowest BCUT2D eigenvalue weighted by molar-refractivity contribution is -0.145. The van der Waals surface area contributed by atoms with Crippen molar-refractivity contribution in [3.8, 4) is 16.9 Å². The topological polar surface area (TPSA) is 72.9 Å². The smallest absolute Gasteiger partial charge is 0.344 e. The molecule has 0 atom stereocenters. The van der Waals surface area contributed by atoms with Crippen molar-refractivity contribution in [1.82, 2.24) is 4.31 Å². The Morgan fingerprint density at radius 1 is 0.947 bits per heavy atom. The van der Waals surface area contributed by atoms with Crippen LogP contribution in [0.2, 0.25) is 0 Å². The minimum Gasteiger partial charge on any atom is -0.482 e. The second kappa shape index (κ2) is 10.9. The van der Waals surface area contributed by atoms with Crippen LogP contribution in [0.15, 0.2) is 71.6 Å². The van der Waals surface area contributed by atoms with Crippen molar-refractivity contribution < 1.29 is 22.7 Å². The Balaban J connectivity index is 1.46. The third-order valence-electron chi connectivity index (χ3n) is 7.86. The zero-order valence-electron chi connectivity index (χ0n) is 22.1. The normalized spacial score (nSPS) is 17.1. The molecule has 0 amide bonds. The van der Waals surface area contributed by atoms with Crippen LogP contribution in [0, 0.1) is 6.92 Å². The van der Waals surface area contributed by atoms with Gasteiger partial charge in [-0.15, -0.1) is 0 Å². The minimum absolute atomic E-state index is 0.161. The number of rotatable bonds is 7.